The quantitative estimate of drug-likeness (QED) is 0.752. The number of carbonyl (C=O) groups is 1. The zero-order valence-corrected chi connectivity index (χ0v) is 9.06. The molecule has 1 fully saturated rings. The maximum absolute atomic E-state index is 11.3. The second kappa shape index (κ2) is 4.14. The minimum absolute atomic E-state index is 0.0191. The SMILES string of the molecule is CC(=O)c1ccc(O)c(C2CCCO2)c1O. The van der Waals surface area contributed by atoms with Crippen molar-refractivity contribution in [2.75, 3.05) is 6.61 Å². The molecule has 1 unspecified atom stereocenters. The Morgan fingerprint density at radius 2 is 2.19 bits per heavy atom. The van der Waals surface area contributed by atoms with Gasteiger partial charge in [-0.1, -0.05) is 0 Å². The Labute approximate surface area is 93.5 Å². The Morgan fingerprint density at radius 3 is 2.75 bits per heavy atom. The topological polar surface area (TPSA) is 66.8 Å². The number of hydrogen-bond donors (Lipinski definition) is 2. The first kappa shape index (κ1) is 11.0. The summed E-state index contributed by atoms with van der Waals surface area (Å²) in [5.41, 5.74) is 0.563. The van der Waals surface area contributed by atoms with Gasteiger partial charge in [-0.05, 0) is 31.9 Å². The summed E-state index contributed by atoms with van der Waals surface area (Å²) in [5.74, 6) is -0.398. The number of phenols is 2. The summed E-state index contributed by atoms with van der Waals surface area (Å²) < 4.78 is 5.40. The van der Waals surface area contributed by atoms with E-state index < -0.39 is 0 Å². The molecule has 0 aliphatic carbocycles. The monoisotopic (exact) mass is 222 g/mol. The van der Waals surface area contributed by atoms with Crippen molar-refractivity contribution in [1.82, 2.24) is 0 Å². The standard InChI is InChI=1S/C12H14O4/c1-7(13)8-4-5-9(14)11(12(8)15)10-3-2-6-16-10/h4-5,10,14-15H,2-3,6H2,1H3. The third-order valence-corrected chi connectivity index (χ3v) is 2.83. The van der Waals surface area contributed by atoms with Crippen molar-refractivity contribution in [2.45, 2.75) is 25.9 Å². The Balaban J connectivity index is 2.49. The molecule has 1 aromatic carbocycles. The van der Waals surface area contributed by atoms with Crippen LogP contribution in [0.4, 0.5) is 0 Å². The highest BCUT2D eigenvalue weighted by molar-refractivity contribution is 5.97. The fraction of sp³-hybridized carbons (Fsp3) is 0.417. The van der Waals surface area contributed by atoms with Gasteiger partial charge >= 0.3 is 0 Å². The summed E-state index contributed by atoms with van der Waals surface area (Å²) in [4.78, 5) is 11.3. The van der Waals surface area contributed by atoms with Gasteiger partial charge in [-0.15, -0.1) is 0 Å². The molecule has 1 atom stereocenters. The molecule has 0 radical (unpaired) electrons. The van der Waals surface area contributed by atoms with E-state index in [0.29, 0.717) is 12.2 Å². The van der Waals surface area contributed by atoms with Crippen LogP contribution in [-0.2, 0) is 4.74 Å². The zero-order chi connectivity index (χ0) is 11.7. The smallest absolute Gasteiger partial charge is 0.163 e. The molecule has 1 saturated heterocycles. The van der Waals surface area contributed by atoms with E-state index in [4.69, 9.17) is 4.74 Å². The molecule has 1 aromatic rings. The van der Waals surface area contributed by atoms with Crippen LogP contribution in [0.15, 0.2) is 12.1 Å². The second-order valence-electron chi connectivity index (χ2n) is 3.95. The third-order valence-electron chi connectivity index (χ3n) is 2.83. The first-order valence-electron chi connectivity index (χ1n) is 5.28. The van der Waals surface area contributed by atoms with Crippen LogP contribution >= 0.6 is 0 Å². The molecule has 1 heterocycles. The van der Waals surface area contributed by atoms with Crippen molar-refractivity contribution < 1.29 is 19.7 Å². The van der Waals surface area contributed by atoms with Crippen LogP contribution in [-0.4, -0.2) is 22.6 Å². The third kappa shape index (κ3) is 1.76. The maximum Gasteiger partial charge on any atom is 0.163 e. The van der Waals surface area contributed by atoms with Crippen LogP contribution < -0.4 is 0 Å². The molecule has 4 nitrogen and oxygen atoms in total. The lowest BCUT2D eigenvalue weighted by atomic mass is 9.99. The normalized spacial score (nSPS) is 19.9. The predicted octanol–water partition coefficient (Wildman–Crippen LogP) is 2.15. The molecule has 2 N–H and O–H groups in total. The fourth-order valence-electron chi connectivity index (χ4n) is 2.00. The van der Waals surface area contributed by atoms with Crippen LogP contribution in [0, 0.1) is 0 Å². The zero-order valence-electron chi connectivity index (χ0n) is 9.06. The van der Waals surface area contributed by atoms with E-state index in [9.17, 15) is 15.0 Å². The van der Waals surface area contributed by atoms with Gasteiger partial charge in [0.05, 0.1) is 17.2 Å². The van der Waals surface area contributed by atoms with Crippen LogP contribution in [0.25, 0.3) is 0 Å². The molecule has 86 valence electrons. The Morgan fingerprint density at radius 1 is 1.44 bits per heavy atom. The number of Topliss-reactive ketones (excluding diaryl/α,β-unsaturated/α-hetero) is 1. The van der Waals surface area contributed by atoms with Crippen molar-refractivity contribution in [3.63, 3.8) is 0 Å². The van der Waals surface area contributed by atoms with Crippen LogP contribution in [0.5, 0.6) is 11.5 Å². The van der Waals surface area contributed by atoms with Crippen molar-refractivity contribution in [2.24, 2.45) is 0 Å². The number of ether oxygens (including phenoxy) is 1. The molecule has 0 aromatic heterocycles. The number of carbonyl (C=O) groups excluding carboxylic acids is 1. The Bertz CT molecular complexity index is 419. The van der Waals surface area contributed by atoms with E-state index in [1.165, 1.54) is 19.1 Å². The van der Waals surface area contributed by atoms with Crippen molar-refractivity contribution in [3.05, 3.63) is 23.3 Å². The largest absolute Gasteiger partial charge is 0.507 e. The number of aromatic hydroxyl groups is 2. The fourth-order valence-corrected chi connectivity index (χ4v) is 2.00. The summed E-state index contributed by atoms with van der Waals surface area (Å²) in [6.07, 6.45) is 1.34. The summed E-state index contributed by atoms with van der Waals surface area (Å²) in [6, 6.07) is 2.85. The van der Waals surface area contributed by atoms with Gasteiger partial charge in [0.1, 0.15) is 11.5 Å². The van der Waals surface area contributed by atoms with Gasteiger partial charge < -0.3 is 14.9 Å². The van der Waals surface area contributed by atoms with E-state index in [1.54, 1.807) is 0 Å². The van der Waals surface area contributed by atoms with E-state index in [0.717, 1.165) is 12.8 Å². The number of phenolic OH excluding ortho intramolecular Hbond substituents is 2. The van der Waals surface area contributed by atoms with Crippen LogP contribution in [0.1, 0.15) is 41.8 Å². The van der Waals surface area contributed by atoms with Gasteiger partial charge in [0.15, 0.2) is 5.78 Å². The van der Waals surface area contributed by atoms with Crippen molar-refractivity contribution in [1.29, 1.82) is 0 Å². The average molecular weight is 222 g/mol. The lowest BCUT2D eigenvalue weighted by Gasteiger charge is -2.15. The lowest BCUT2D eigenvalue weighted by molar-refractivity contribution is 0.100. The molecule has 0 spiro atoms. The molecule has 4 heteroatoms. The molecular weight excluding hydrogens is 208 g/mol. The molecule has 1 aliphatic heterocycles. The molecule has 0 saturated carbocycles. The van der Waals surface area contributed by atoms with E-state index in [2.05, 4.69) is 0 Å². The summed E-state index contributed by atoms with van der Waals surface area (Å²) >= 11 is 0. The number of benzene rings is 1. The molecule has 0 bridgehead atoms. The summed E-state index contributed by atoms with van der Waals surface area (Å²) in [7, 11) is 0. The predicted molar refractivity (Wildman–Crippen MR) is 57.7 cm³/mol. The molecule has 16 heavy (non-hydrogen) atoms. The highest BCUT2D eigenvalue weighted by Gasteiger charge is 2.26. The summed E-state index contributed by atoms with van der Waals surface area (Å²) in [5, 5.41) is 19.6. The van der Waals surface area contributed by atoms with Gasteiger partial charge in [-0.25, -0.2) is 0 Å². The summed E-state index contributed by atoms with van der Waals surface area (Å²) in [6.45, 7) is 2.00. The highest BCUT2D eigenvalue weighted by Crippen LogP contribution is 2.41. The van der Waals surface area contributed by atoms with Gasteiger partial charge in [-0.2, -0.15) is 0 Å². The second-order valence-corrected chi connectivity index (χ2v) is 3.95. The molecule has 2 rings (SSSR count). The number of hydrogen-bond acceptors (Lipinski definition) is 4. The average Bonchev–Trinajstić information content (AvgIpc) is 2.70. The minimum atomic E-state index is -0.306. The van der Waals surface area contributed by atoms with E-state index in [-0.39, 0.29) is 28.9 Å². The molecule has 0 amide bonds. The first-order chi connectivity index (χ1) is 7.61. The van der Waals surface area contributed by atoms with E-state index >= 15 is 0 Å². The van der Waals surface area contributed by atoms with Crippen LogP contribution in [0.3, 0.4) is 0 Å². The van der Waals surface area contributed by atoms with Crippen molar-refractivity contribution in [3.8, 4) is 11.5 Å². The maximum atomic E-state index is 11.3. The van der Waals surface area contributed by atoms with Gasteiger partial charge in [0.25, 0.3) is 0 Å². The van der Waals surface area contributed by atoms with E-state index in [1.807, 2.05) is 0 Å². The minimum Gasteiger partial charge on any atom is -0.507 e. The number of ketones is 1. The van der Waals surface area contributed by atoms with Gasteiger partial charge in [0, 0.05) is 6.61 Å². The molecular formula is C12H14O4. The Hall–Kier alpha value is -1.55. The molecule has 1 aliphatic rings. The van der Waals surface area contributed by atoms with Crippen LogP contribution in [0.2, 0.25) is 0 Å². The Kier molecular flexibility index (Phi) is 2.83. The van der Waals surface area contributed by atoms with Gasteiger partial charge in [0.2, 0.25) is 0 Å². The van der Waals surface area contributed by atoms with Gasteiger partial charge in [-0.3, -0.25) is 4.79 Å². The highest BCUT2D eigenvalue weighted by atomic mass is 16.5. The lowest BCUT2D eigenvalue weighted by Crippen LogP contribution is -2.01. The number of rotatable bonds is 2. The first-order valence-corrected chi connectivity index (χ1v) is 5.28. The van der Waals surface area contributed by atoms with Crippen molar-refractivity contribution >= 4 is 5.78 Å².